The summed E-state index contributed by atoms with van der Waals surface area (Å²) in [5, 5.41) is 2.36. The first kappa shape index (κ1) is 20.2. The number of fused-ring (bicyclic) bond motifs is 2. The van der Waals surface area contributed by atoms with E-state index in [1.165, 1.54) is 21.9 Å². The molecule has 2 aromatic heterocycles. The molecule has 5 aromatic rings. The zero-order valence-corrected chi connectivity index (χ0v) is 20.2. The third-order valence-electron chi connectivity index (χ3n) is 5.71. The maximum atomic E-state index is 5.62. The summed E-state index contributed by atoms with van der Waals surface area (Å²) in [6.07, 6.45) is 4.21. The van der Waals surface area contributed by atoms with Gasteiger partial charge in [-0.25, -0.2) is 0 Å². The van der Waals surface area contributed by atoms with E-state index in [4.69, 9.17) is 9.47 Å². The Morgan fingerprint density at radius 1 is 0.677 bits per heavy atom. The summed E-state index contributed by atoms with van der Waals surface area (Å²) in [4.78, 5) is 6.88. The van der Waals surface area contributed by atoms with Crippen LogP contribution in [-0.2, 0) is 0 Å². The number of nitrogens with one attached hydrogen (secondary N) is 2. The number of halogens is 2. The van der Waals surface area contributed by atoms with Gasteiger partial charge < -0.3 is 19.4 Å². The van der Waals surface area contributed by atoms with E-state index in [2.05, 4.69) is 103 Å². The average Bonchev–Trinajstić information content (AvgIpc) is 3.38. The molecule has 0 atom stereocenters. The first-order valence-corrected chi connectivity index (χ1v) is 11.4. The lowest BCUT2D eigenvalue weighted by molar-refractivity contribution is 0.354. The quantitative estimate of drug-likeness (QED) is 0.245. The summed E-state index contributed by atoms with van der Waals surface area (Å²) >= 11 is 7.27. The van der Waals surface area contributed by atoms with Crippen molar-refractivity contribution in [3.63, 3.8) is 0 Å². The van der Waals surface area contributed by atoms with Crippen molar-refractivity contribution in [3.05, 3.63) is 92.6 Å². The summed E-state index contributed by atoms with van der Waals surface area (Å²) < 4.78 is 13.2. The van der Waals surface area contributed by atoms with E-state index in [0.29, 0.717) is 11.5 Å². The van der Waals surface area contributed by atoms with Crippen molar-refractivity contribution < 1.29 is 9.47 Å². The SMILES string of the molecule is COc1ccc(C(c2c[nH]c3ccc(Br)cc23)c2c[nH]c3ccc(Br)cc23)cc1OC. The van der Waals surface area contributed by atoms with Crippen LogP contribution in [0.2, 0.25) is 0 Å². The van der Waals surface area contributed by atoms with Gasteiger partial charge in [0, 0.05) is 49.1 Å². The molecule has 0 aliphatic heterocycles. The smallest absolute Gasteiger partial charge is 0.161 e. The number of rotatable bonds is 5. The summed E-state index contributed by atoms with van der Waals surface area (Å²) in [6, 6.07) is 18.8. The molecule has 2 heterocycles. The number of ether oxygens (including phenoxy) is 2. The summed E-state index contributed by atoms with van der Waals surface area (Å²) in [5.41, 5.74) is 5.72. The standard InChI is InChI=1S/C25H20Br2N2O2/c1-30-23-8-3-14(9-24(23)31-2)25(19-12-28-21-6-4-15(26)10-17(19)21)20-13-29-22-7-5-16(27)11-18(20)22/h3-13,25,28-29H,1-2H3. The maximum absolute atomic E-state index is 5.62. The number of hydrogen-bond donors (Lipinski definition) is 2. The highest BCUT2D eigenvalue weighted by atomic mass is 79.9. The van der Waals surface area contributed by atoms with Crippen LogP contribution in [0.25, 0.3) is 21.8 Å². The lowest BCUT2D eigenvalue weighted by Gasteiger charge is -2.19. The van der Waals surface area contributed by atoms with Gasteiger partial charge in [0.2, 0.25) is 0 Å². The molecule has 0 unspecified atom stereocenters. The highest BCUT2D eigenvalue weighted by Crippen LogP contribution is 2.42. The number of H-pyrrole nitrogens is 2. The van der Waals surface area contributed by atoms with Gasteiger partial charge in [0.25, 0.3) is 0 Å². The number of methoxy groups -OCH3 is 2. The van der Waals surface area contributed by atoms with Gasteiger partial charge in [-0.3, -0.25) is 0 Å². The van der Waals surface area contributed by atoms with Crippen LogP contribution >= 0.6 is 31.9 Å². The first-order valence-electron chi connectivity index (χ1n) is 9.84. The number of benzene rings is 3. The Bertz CT molecular complexity index is 1320. The first-order chi connectivity index (χ1) is 15.1. The van der Waals surface area contributed by atoms with Crippen molar-refractivity contribution in [2.24, 2.45) is 0 Å². The normalized spacial score (nSPS) is 11.5. The Kier molecular flexibility index (Phi) is 5.28. The summed E-state index contributed by atoms with van der Waals surface area (Å²) in [6.45, 7) is 0. The number of aromatic amines is 2. The minimum Gasteiger partial charge on any atom is -0.493 e. The second-order valence-corrected chi connectivity index (χ2v) is 9.25. The fourth-order valence-electron chi connectivity index (χ4n) is 4.27. The van der Waals surface area contributed by atoms with E-state index in [-0.39, 0.29) is 5.92 Å². The van der Waals surface area contributed by atoms with Crippen molar-refractivity contribution in [1.29, 1.82) is 0 Å². The molecule has 0 radical (unpaired) electrons. The molecule has 0 saturated carbocycles. The van der Waals surface area contributed by atoms with Crippen LogP contribution in [0.4, 0.5) is 0 Å². The van der Waals surface area contributed by atoms with E-state index < -0.39 is 0 Å². The van der Waals surface area contributed by atoms with E-state index in [1.807, 2.05) is 6.07 Å². The van der Waals surface area contributed by atoms with Crippen molar-refractivity contribution in [2.75, 3.05) is 14.2 Å². The zero-order valence-electron chi connectivity index (χ0n) is 17.0. The fraction of sp³-hybridized carbons (Fsp3) is 0.120. The van der Waals surface area contributed by atoms with Gasteiger partial charge in [-0.1, -0.05) is 37.9 Å². The van der Waals surface area contributed by atoms with Gasteiger partial charge >= 0.3 is 0 Å². The lowest BCUT2D eigenvalue weighted by Crippen LogP contribution is -2.03. The van der Waals surface area contributed by atoms with Gasteiger partial charge in [-0.15, -0.1) is 0 Å². The van der Waals surface area contributed by atoms with E-state index in [9.17, 15) is 0 Å². The minimum atomic E-state index is -0.00842. The Morgan fingerprint density at radius 2 is 1.23 bits per heavy atom. The van der Waals surface area contributed by atoms with Crippen LogP contribution in [0.5, 0.6) is 11.5 Å². The molecule has 0 fully saturated rings. The molecule has 0 saturated heterocycles. The molecule has 4 nitrogen and oxygen atoms in total. The molecule has 31 heavy (non-hydrogen) atoms. The monoisotopic (exact) mass is 538 g/mol. The van der Waals surface area contributed by atoms with Gasteiger partial charge in [0.15, 0.2) is 11.5 Å². The molecule has 2 N–H and O–H groups in total. The summed E-state index contributed by atoms with van der Waals surface area (Å²) in [5.74, 6) is 1.42. The Labute approximate surface area is 196 Å². The van der Waals surface area contributed by atoms with E-state index in [0.717, 1.165) is 25.5 Å². The minimum absolute atomic E-state index is 0.00842. The third kappa shape index (κ3) is 3.54. The second-order valence-electron chi connectivity index (χ2n) is 7.42. The number of hydrogen-bond acceptors (Lipinski definition) is 2. The maximum Gasteiger partial charge on any atom is 0.161 e. The van der Waals surface area contributed by atoms with Crippen LogP contribution < -0.4 is 9.47 Å². The van der Waals surface area contributed by atoms with Crippen molar-refractivity contribution >= 4 is 53.7 Å². The molecule has 0 aliphatic rings. The number of aromatic nitrogens is 2. The Hall–Kier alpha value is -2.70. The van der Waals surface area contributed by atoms with Crippen molar-refractivity contribution in [2.45, 2.75) is 5.92 Å². The second kappa shape index (κ2) is 8.09. The fourth-order valence-corrected chi connectivity index (χ4v) is 4.99. The molecule has 5 rings (SSSR count). The van der Waals surface area contributed by atoms with Crippen molar-refractivity contribution in [1.82, 2.24) is 9.97 Å². The topological polar surface area (TPSA) is 50.0 Å². The molecular formula is C25H20Br2N2O2. The summed E-state index contributed by atoms with van der Waals surface area (Å²) in [7, 11) is 3.33. The van der Waals surface area contributed by atoms with Gasteiger partial charge in [0.05, 0.1) is 14.2 Å². The zero-order chi connectivity index (χ0) is 21.5. The van der Waals surface area contributed by atoms with Gasteiger partial charge in [-0.05, 0) is 65.2 Å². The van der Waals surface area contributed by atoms with E-state index >= 15 is 0 Å². The highest BCUT2D eigenvalue weighted by Gasteiger charge is 2.24. The predicted molar refractivity (Wildman–Crippen MR) is 132 cm³/mol. The average molecular weight is 540 g/mol. The van der Waals surface area contributed by atoms with Crippen LogP contribution in [0.15, 0.2) is 75.9 Å². The largest absolute Gasteiger partial charge is 0.493 e. The van der Waals surface area contributed by atoms with Crippen LogP contribution in [0.1, 0.15) is 22.6 Å². The molecule has 0 bridgehead atoms. The van der Waals surface area contributed by atoms with Crippen LogP contribution in [0.3, 0.4) is 0 Å². The third-order valence-corrected chi connectivity index (χ3v) is 6.70. The van der Waals surface area contributed by atoms with Gasteiger partial charge in [0.1, 0.15) is 0 Å². The molecule has 156 valence electrons. The molecular weight excluding hydrogens is 520 g/mol. The van der Waals surface area contributed by atoms with Crippen LogP contribution in [-0.4, -0.2) is 24.2 Å². The molecule has 6 heteroatoms. The molecule has 3 aromatic carbocycles. The highest BCUT2D eigenvalue weighted by molar-refractivity contribution is 9.10. The van der Waals surface area contributed by atoms with Gasteiger partial charge in [-0.2, -0.15) is 0 Å². The van der Waals surface area contributed by atoms with Crippen molar-refractivity contribution in [3.8, 4) is 11.5 Å². The molecule has 0 spiro atoms. The lowest BCUT2D eigenvalue weighted by atomic mass is 9.84. The molecule has 0 aliphatic carbocycles. The molecule has 0 amide bonds. The predicted octanol–water partition coefficient (Wildman–Crippen LogP) is 7.37. The van der Waals surface area contributed by atoms with Crippen LogP contribution in [0, 0.1) is 0 Å². The Morgan fingerprint density at radius 3 is 1.74 bits per heavy atom. The van der Waals surface area contributed by atoms with E-state index in [1.54, 1.807) is 14.2 Å². The Balaban J connectivity index is 1.80.